The van der Waals surface area contributed by atoms with E-state index in [0.717, 1.165) is 16.0 Å². The van der Waals surface area contributed by atoms with E-state index in [1.165, 1.54) is 11.3 Å². The average Bonchev–Trinajstić information content (AvgIpc) is 3.11. The highest BCUT2D eigenvalue weighted by atomic mass is 32.2. The first-order valence-corrected chi connectivity index (χ1v) is 11.3. The van der Waals surface area contributed by atoms with E-state index in [1.807, 2.05) is 23.0 Å². The average molecular weight is 449 g/mol. The number of ether oxygens (including phenoxy) is 4. The van der Waals surface area contributed by atoms with E-state index in [4.69, 9.17) is 18.9 Å². The Labute approximate surface area is 183 Å². The van der Waals surface area contributed by atoms with Gasteiger partial charge in [-0.15, -0.1) is 0 Å². The largest absolute Gasteiger partial charge is 0.497 e. The van der Waals surface area contributed by atoms with Crippen molar-refractivity contribution >= 4 is 39.2 Å². The molecule has 7 nitrogen and oxygen atoms in total. The van der Waals surface area contributed by atoms with E-state index in [0.29, 0.717) is 39.9 Å². The number of methoxy groups -OCH3 is 4. The molecule has 0 bridgehead atoms. The molecular weight excluding hydrogens is 424 g/mol. The summed E-state index contributed by atoms with van der Waals surface area (Å²) in [6.07, 6.45) is 2.04. The van der Waals surface area contributed by atoms with Gasteiger partial charge >= 0.3 is 0 Å². The Hall–Kier alpha value is -2.65. The maximum Gasteiger partial charge on any atom is 0.279 e. The second-order valence-corrected chi connectivity index (χ2v) is 8.22. The number of carbonyl (C=O) groups is 1. The number of rotatable bonds is 8. The molecule has 1 amide bonds. The molecular formula is C21H24N2O5S2. The summed E-state index contributed by atoms with van der Waals surface area (Å²) in [6, 6.07) is 8.85. The molecule has 0 atom stereocenters. The molecule has 30 heavy (non-hydrogen) atoms. The molecule has 0 spiro atoms. The number of thiazole rings is 1. The van der Waals surface area contributed by atoms with E-state index in [-0.39, 0.29) is 5.91 Å². The van der Waals surface area contributed by atoms with E-state index in [2.05, 4.69) is 4.99 Å². The molecule has 0 radical (unpaired) electrons. The van der Waals surface area contributed by atoms with Crippen LogP contribution in [-0.2, 0) is 6.54 Å². The van der Waals surface area contributed by atoms with E-state index < -0.39 is 0 Å². The van der Waals surface area contributed by atoms with Crippen molar-refractivity contribution in [2.45, 2.75) is 6.54 Å². The van der Waals surface area contributed by atoms with Crippen LogP contribution in [0.2, 0.25) is 0 Å². The Morgan fingerprint density at radius 3 is 2.17 bits per heavy atom. The minimum absolute atomic E-state index is 0.365. The summed E-state index contributed by atoms with van der Waals surface area (Å²) < 4.78 is 24.4. The maximum atomic E-state index is 13.0. The van der Waals surface area contributed by atoms with Gasteiger partial charge in [0, 0.05) is 36.1 Å². The predicted molar refractivity (Wildman–Crippen MR) is 121 cm³/mol. The first-order valence-electron chi connectivity index (χ1n) is 9.11. The number of benzene rings is 2. The highest BCUT2D eigenvalue weighted by molar-refractivity contribution is 7.98. The van der Waals surface area contributed by atoms with Gasteiger partial charge in [0.2, 0.25) is 0 Å². The number of amides is 1. The van der Waals surface area contributed by atoms with Gasteiger partial charge in [0.05, 0.1) is 38.7 Å². The minimum atomic E-state index is -0.365. The van der Waals surface area contributed by atoms with Crippen molar-refractivity contribution in [2.24, 2.45) is 4.99 Å². The summed E-state index contributed by atoms with van der Waals surface area (Å²) in [5.41, 5.74) is 1.34. The molecule has 1 heterocycles. The minimum Gasteiger partial charge on any atom is -0.497 e. The molecule has 1 aromatic heterocycles. The molecule has 0 saturated carbocycles. The van der Waals surface area contributed by atoms with Crippen LogP contribution in [0, 0.1) is 0 Å². The predicted octanol–water partition coefficient (Wildman–Crippen LogP) is 3.84. The number of hydrogen-bond donors (Lipinski definition) is 0. The lowest BCUT2D eigenvalue weighted by Gasteiger charge is -2.09. The van der Waals surface area contributed by atoms with E-state index in [1.54, 1.807) is 58.4 Å². The fourth-order valence-corrected chi connectivity index (χ4v) is 4.39. The van der Waals surface area contributed by atoms with Crippen LogP contribution >= 0.6 is 23.1 Å². The third kappa shape index (κ3) is 4.57. The smallest absolute Gasteiger partial charge is 0.279 e. The normalized spacial score (nSPS) is 11.6. The molecule has 160 valence electrons. The quantitative estimate of drug-likeness (QED) is 0.521. The van der Waals surface area contributed by atoms with Crippen molar-refractivity contribution < 1.29 is 23.7 Å². The van der Waals surface area contributed by atoms with E-state index in [9.17, 15) is 4.79 Å². The summed E-state index contributed by atoms with van der Waals surface area (Å²) in [4.78, 5) is 18.0. The Morgan fingerprint density at radius 1 is 0.967 bits per heavy atom. The third-order valence-electron chi connectivity index (χ3n) is 4.50. The molecule has 0 N–H and O–H groups in total. The van der Waals surface area contributed by atoms with Crippen molar-refractivity contribution in [1.82, 2.24) is 4.57 Å². The molecule has 3 aromatic rings. The Bertz CT molecular complexity index is 1100. The lowest BCUT2D eigenvalue weighted by Crippen LogP contribution is -2.18. The van der Waals surface area contributed by atoms with Gasteiger partial charge < -0.3 is 23.5 Å². The summed E-state index contributed by atoms with van der Waals surface area (Å²) in [5.74, 6) is 2.86. The van der Waals surface area contributed by atoms with Crippen molar-refractivity contribution in [3.8, 4) is 23.0 Å². The molecule has 0 fully saturated rings. The zero-order valence-electron chi connectivity index (χ0n) is 17.6. The fraction of sp³-hybridized carbons (Fsp3) is 0.333. The van der Waals surface area contributed by atoms with Crippen molar-refractivity contribution in [3.63, 3.8) is 0 Å². The molecule has 9 heteroatoms. The molecule has 0 aliphatic heterocycles. The topological polar surface area (TPSA) is 71.3 Å². The summed E-state index contributed by atoms with van der Waals surface area (Å²) in [5, 5.41) is 0. The summed E-state index contributed by atoms with van der Waals surface area (Å²) >= 11 is 3.16. The molecule has 3 rings (SSSR count). The zero-order chi connectivity index (χ0) is 21.7. The first kappa shape index (κ1) is 22.0. The van der Waals surface area contributed by atoms with Gasteiger partial charge in [-0.2, -0.15) is 16.8 Å². The third-order valence-corrected chi connectivity index (χ3v) is 6.13. The van der Waals surface area contributed by atoms with Gasteiger partial charge in [-0.1, -0.05) is 11.3 Å². The number of aryl methyl sites for hydroxylation is 1. The Kier molecular flexibility index (Phi) is 7.28. The number of fused-ring (bicyclic) bond motifs is 1. The standard InChI is InChI=1S/C21H24N2O5S2/c1-25-14-8-13(9-15(10-14)26-2)20(24)22-21-23(6-7-29-5)16-11-17(27-3)18(28-4)12-19(16)30-21/h8-12H,6-7H2,1-5H3. The number of nitrogens with zero attached hydrogens (tertiary/aromatic N) is 2. The number of carbonyl (C=O) groups excluding carboxylic acids is 1. The highest BCUT2D eigenvalue weighted by Crippen LogP contribution is 2.33. The number of hydrogen-bond acceptors (Lipinski definition) is 7. The fourth-order valence-electron chi connectivity index (χ4n) is 2.96. The Morgan fingerprint density at radius 2 is 1.60 bits per heavy atom. The van der Waals surface area contributed by atoms with Crippen LogP contribution in [-0.4, -0.2) is 50.9 Å². The monoisotopic (exact) mass is 448 g/mol. The van der Waals surface area contributed by atoms with Crippen molar-refractivity contribution in [2.75, 3.05) is 40.4 Å². The molecule has 0 saturated heterocycles. The van der Waals surface area contributed by atoms with Crippen LogP contribution in [0.3, 0.4) is 0 Å². The lowest BCUT2D eigenvalue weighted by atomic mass is 10.2. The van der Waals surface area contributed by atoms with Gasteiger partial charge in [-0.3, -0.25) is 4.79 Å². The van der Waals surface area contributed by atoms with Gasteiger partial charge in [0.15, 0.2) is 16.3 Å². The summed E-state index contributed by atoms with van der Waals surface area (Å²) in [6.45, 7) is 0.712. The SMILES string of the molecule is COc1cc(OC)cc(C(=O)N=c2sc3cc(OC)c(OC)cc3n2CCSC)c1. The van der Waals surface area contributed by atoms with Crippen LogP contribution < -0.4 is 23.7 Å². The van der Waals surface area contributed by atoms with Crippen LogP contribution in [0.4, 0.5) is 0 Å². The van der Waals surface area contributed by atoms with Gasteiger partial charge in [-0.05, 0) is 18.4 Å². The van der Waals surface area contributed by atoms with Crippen LogP contribution in [0.25, 0.3) is 10.2 Å². The van der Waals surface area contributed by atoms with Crippen LogP contribution in [0.1, 0.15) is 10.4 Å². The first-order chi connectivity index (χ1) is 14.5. The van der Waals surface area contributed by atoms with Crippen molar-refractivity contribution in [3.05, 3.63) is 40.7 Å². The van der Waals surface area contributed by atoms with Gasteiger partial charge in [0.1, 0.15) is 11.5 Å². The number of thioether (sulfide) groups is 1. The van der Waals surface area contributed by atoms with Crippen LogP contribution in [0.15, 0.2) is 35.3 Å². The van der Waals surface area contributed by atoms with Crippen LogP contribution in [0.5, 0.6) is 23.0 Å². The second kappa shape index (κ2) is 9.90. The Balaban J connectivity index is 2.16. The summed E-state index contributed by atoms with van der Waals surface area (Å²) in [7, 11) is 6.30. The van der Waals surface area contributed by atoms with E-state index >= 15 is 0 Å². The molecule has 0 aliphatic rings. The van der Waals surface area contributed by atoms with Gasteiger partial charge in [-0.25, -0.2) is 0 Å². The lowest BCUT2D eigenvalue weighted by molar-refractivity contribution is 0.0997. The molecule has 2 aromatic carbocycles. The van der Waals surface area contributed by atoms with Gasteiger partial charge in [0.25, 0.3) is 5.91 Å². The molecule has 0 unspecified atom stereocenters. The highest BCUT2D eigenvalue weighted by Gasteiger charge is 2.15. The maximum absolute atomic E-state index is 13.0. The molecule has 0 aliphatic carbocycles. The second-order valence-electron chi connectivity index (χ2n) is 6.22. The number of aromatic nitrogens is 1. The van der Waals surface area contributed by atoms with Crippen molar-refractivity contribution in [1.29, 1.82) is 0 Å². The zero-order valence-corrected chi connectivity index (χ0v) is 19.2.